The van der Waals surface area contributed by atoms with E-state index in [0.29, 0.717) is 15.7 Å². The molecule has 0 saturated heterocycles. The number of aryl methyl sites for hydroxylation is 2. The van der Waals surface area contributed by atoms with E-state index in [-0.39, 0.29) is 17.5 Å². The molecular weight excluding hydrogens is 371 g/mol. The van der Waals surface area contributed by atoms with E-state index in [9.17, 15) is 4.79 Å². The number of hydrogen-bond donors (Lipinski definition) is 2. The lowest BCUT2D eigenvalue weighted by molar-refractivity contribution is 0.102. The summed E-state index contributed by atoms with van der Waals surface area (Å²) in [6.07, 6.45) is 1.50. The first kappa shape index (κ1) is 18.2. The summed E-state index contributed by atoms with van der Waals surface area (Å²) in [5.41, 5.74) is 3.57. The number of aromatic nitrogens is 2. The summed E-state index contributed by atoms with van der Waals surface area (Å²) in [6.45, 7) is 3.94. The van der Waals surface area contributed by atoms with Crippen molar-refractivity contribution in [3.8, 4) is 0 Å². The molecule has 0 aliphatic rings. The van der Waals surface area contributed by atoms with Crippen LogP contribution in [-0.2, 0) is 0 Å². The standard InChI is InChI=1S/C19H16Cl2N4O/c1-11-6-7-15(12(2)10-11)23-18(26)16-8-9-22-19(24-16)25-17-13(20)4-3-5-14(17)21/h3-10H,1-2H3,(H,23,26)(H,22,24,25). The molecule has 0 unspecified atom stereocenters. The van der Waals surface area contributed by atoms with Crippen molar-refractivity contribution >= 4 is 46.4 Å². The molecule has 0 radical (unpaired) electrons. The second kappa shape index (κ2) is 7.72. The highest BCUT2D eigenvalue weighted by Gasteiger charge is 2.12. The molecule has 0 saturated carbocycles. The van der Waals surface area contributed by atoms with Gasteiger partial charge in [-0.2, -0.15) is 0 Å². The van der Waals surface area contributed by atoms with Crippen molar-refractivity contribution in [2.24, 2.45) is 0 Å². The normalized spacial score (nSPS) is 10.5. The monoisotopic (exact) mass is 386 g/mol. The molecule has 26 heavy (non-hydrogen) atoms. The Labute approximate surface area is 161 Å². The van der Waals surface area contributed by atoms with Crippen molar-refractivity contribution in [2.45, 2.75) is 13.8 Å². The molecular formula is C19H16Cl2N4O. The molecule has 2 N–H and O–H groups in total. The Bertz CT molecular complexity index is 955. The fourth-order valence-corrected chi connectivity index (χ4v) is 2.91. The highest BCUT2D eigenvalue weighted by atomic mass is 35.5. The zero-order valence-electron chi connectivity index (χ0n) is 14.2. The predicted octanol–water partition coefficient (Wildman–Crippen LogP) is 5.40. The zero-order valence-corrected chi connectivity index (χ0v) is 15.7. The molecule has 0 fully saturated rings. The van der Waals surface area contributed by atoms with E-state index in [2.05, 4.69) is 20.6 Å². The van der Waals surface area contributed by atoms with Crippen LogP contribution in [0.15, 0.2) is 48.7 Å². The predicted molar refractivity (Wildman–Crippen MR) is 106 cm³/mol. The number of hydrogen-bond acceptors (Lipinski definition) is 4. The third-order valence-corrected chi connectivity index (χ3v) is 4.35. The van der Waals surface area contributed by atoms with Crippen molar-refractivity contribution in [3.05, 3.63) is 75.5 Å². The summed E-state index contributed by atoms with van der Waals surface area (Å²) in [7, 11) is 0. The van der Waals surface area contributed by atoms with Gasteiger partial charge in [0.2, 0.25) is 5.95 Å². The van der Waals surface area contributed by atoms with E-state index in [0.717, 1.165) is 16.8 Å². The smallest absolute Gasteiger partial charge is 0.274 e. The second-order valence-corrected chi connectivity index (χ2v) is 6.57. The number of nitrogens with zero attached hydrogens (tertiary/aromatic N) is 2. The van der Waals surface area contributed by atoms with Gasteiger partial charge in [0.1, 0.15) is 5.69 Å². The summed E-state index contributed by atoms with van der Waals surface area (Å²) < 4.78 is 0. The minimum atomic E-state index is -0.326. The molecule has 5 nitrogen and oxygen atoms in total. The first-order chi connectivity index (χ1) is 12.4. The Morgan fingerprint density at radius 1 is 1.04 bits per heavy atom. The van der Waals surface area contributed by atoms with Crippen LogP contribution in [0.3, 0.4) is 0 Å². The Balaban J connectivity index is 1.81. The van der Waals surface area contributed by atoms with Gasteiger partial charge in [0.15, 0.2) is 0 Å². The van der Waals surface area contributed by atoms with Crippen LogP contribution in [-0.4, -0.2) is 15.9 Å². The summed E-state index contributed by atoms with van der Waals surface area (Å²) >= 11 is 12.3. The third-order valence-electron chi connectivity index (χ3n) is 3.72. The zero-order chi connectivity index (χ0) is 18.7. The molecule has 2 aromatic carbocycles. The quantitative estimate of drug-likeness (QED) is 0.629. The maximum absolute atomic E-state index is 12.5. The molecule has 1 heterocycles. The number of para-hydroxylation sites is 1. The molecule has 3 rings (SSSR count). The van der Waals surface area contributed by atoms with E-state index >= 15 is 0 Å². The van der Waals surface area contributed by atoms with Crippen LogP contribution in [0.5, 0.6) is 0 Å². The second-order valence-electron chi connectivity index (χ2n) is 5.76. The molecule has 0 aliphatic carbocycles. The van der Waals surface area contributed by atoms with E-state index in [1.165, 1.54) is 12.3 Å². The molecule has 1 aromatic heterocycles. The van der Waals surface area contributed by atoms with Gasteiger partial charge in [-0.1, -0.05) is 47.0 Å². The van der Waals surface area contributed by atoms with E-state index < -0.39 is 0 Å². The van der Waals surface area contributed by atoms with Crippen molar-refractivity contribution in [2.75, 3.05) is 10.6 Å². The summed E-state index contributed by atoms with van der Waals surface area (Å²) in [4.78, 5) is 20.9. The van der Waals surface area contributed by atoms with E-state index in [4.69, 9.17) is 23.2 Å². The van der Waals surface area contributed by atoms with Crippen LogP contribution in [0.4, 0.5) is 17.3 Å². The maximum Gasteiger partial charge on any atom is 0.274 e. The largest absolute Gasteiger partial charge is 0.322 e. The van der Waals surface area contributed by atoms with Crippen LogP contribution in [0, 0.1) is 13.8 Å². The molecule has 0 bridgehead atoms. The van der Waals surface area contributed by atoms with Crippen LogP contribution in [0.25, 0.3) is 0 Å². The van der Waals surface area contributed by atoms with E-state index in [1.807, 2.05) is 32.0 Å². The van der Waals surface area contributed by atoms with Crippen molar-refractivity contribution < 1.29 is 4.79 Å². The minimum Gasteiger partial charge on any atom is -0.322 e. The van der Waals surface area contributed by atoms with Gasteiger partial charge in [-0.15, -0.1) is 0 Å². The van der Waals surface area contributed by atoms with Crippen molar-refractivity contribution in [1.82, 2.24) is 9.97 Å². The average molecular weight is 387 g/mol. The van der Waals surface area contributed by atoms with Crippen molar-refractivity contribution in [3.63, 3.8) is 0 Å². The number of carbonyl (C=O) groups is 1. The average Bonchev–Trinajstić information content (AvgIpc) is 2.61. The number of amides is 1. The first-order valence-corrected chi connectivity index (χ1v) is 8.62. The minimum absolute atomic E-state index is 0.227. The molecule has 0 spiro atoms. The fourth-order valence-electron chi connectivity index (χ4n) is 2.41. The first-order valence-electron chi connectivity index (χ1n) is 7.87. The lowest BCUT2D eigenvalue weighted by Crippen LogP contribution is -2.15. The highest BCUT2D eigenvalue weighted by Crippen LogP contribution is 2.31. The topological polar surface area (TPSA) is 66.9 Å². The summed E-state index contributed by atoms with van der Waals surface area (Å²) in [5.74, 6) is -0.0964. The van der Waals surface area contributed by atoms with Crippen LogP contribution < -0.4 is 10.6 Å². The van der Waals surface area contributed by atoms with Gasteiger partial charge < -0.3 is 10.6 Å². The third kappa shape index (κ3) is 4.12. The van der Waals surface area contributed by atoms with Crippen LogP contribution >= 0.6 is 23.2 Å². The molecule has 0 aliphatic heterocycles. The number of rotatable bonds is 4. The number of anilines is 3. The van der Waals surface area contributed by atoms with Crippen LogP contribution in [0.1, 0.15) is 21.6 Å². The van der Waals surface area contributed by atoms with Gasteiger partial charge in [0, 0.05) is 11.9 Å². The van der Waals surface area contributed by atoms with Gasteiger partial charge in [-0.05, 0) is 43.7 Å². The van der Waals surface area contributed by atoms with Gasteiger partial charge in [-0.3, -0.25) is 4.79 Å². The number of benzene rings is 2. The number of halogens is 2. The number of carbonyl (C=O) groups excluding carboxylic acids is 1. The van der Waals surface area contributed by atoms with Gasteiger partial charge >= 0.3 is 0 Å². The van der Waals surface area contributed by atoms with E-state index in [1.54, 1.807) is 18.2 Å². The molecule has 1 amide bonds. The Hall–Kier alpha value is -2.63. The van der Waals surface area contributed by atoms with Crippen LogP contribution in [0.2, 0.25) is 10.0 Å². The Morgan fingerprint density at radius 3 is 2.46 bits per heavy atom. The summed E-state index contributed by atoms with van der Waals surface area (Å²) in [6, 6.07) is 12.5. The Kier molecular flexibility index (Phi) is 5.40. The molecule has 3 aromatic rings. The lowest BCUT2D eigenvalue weighted by Gasteiger charge is -2.11. The van der Waals surface area contributed by atoms with Crippen molar-refractivity contribution in [1.29, 1.82) is 0 Å². The summed E-state index contributed by atoms with van der Waals surface area (Å²) in [5, 5.41) is 6.68. The fraction of sp³-hybridized carbons (Fsp3) is 0.105. The van der Waals surface area contributed by atoms with Gasteiger partial charge in [0.05, 0.1) is 15.7 Å². The molecule has 0 atom stereocenters. The van der Waals surface area contributed by atoms with Gasteiger partial charge in [0.25, 0.3) is 5.91 Å². The molecule has 132 valence electrons. The highest BCUT2D eigenvalue weighted by molar-refractivity contribution is 6.39. The maximum atomic E-state index is 12.5. The Morgan fingerprint density at radius 2 is 1.77 bits per heavy atom. The molecule has 7 heteroatoms. The van der Waals surface area contributed by atoms with Gasteiger partial charge in [-0.25, -0.2) is 9.97 Å². The SMILES string of the molecule is Cc1ccc(NC(=O)c2ccnc(Nc3c(Cl)cccc3Cl)n2)c(C)c1. The lowest BCUT2D eigenvalue weighted by atomic mass is 10.1. The number of nitrogens with one attached hydrogen (secondary N) is 2.